The summed E-state index contributed by atoms with van der Waals surface area (Å²) in [6.07, 6.45) is -3.49. The fraction of sp³-hybridized carbons (Fsp3) is 0.462. The van der Waals surface area contributed by atoms with Crippen molar-refractivity contribution in [2.45, 2.75) is 70.0 Å². The molecule has 3 unspecified atom stereocenters. The number of carbonyl (C=O) groups is 1. The number of hydrogen-bond donors (Lipinski definition) is 3. The van der Waals surface area contributed by atoms with Crippen molar-refractivity contribution in [3.8, 4) is 5.69 Å². The Hall–Kier alpha value is -2.65. The number of hydrazine groups is 1. The van der Waals surface area contributed by atoms with Gasteiger partial charge in [0.2, 0.25) is 0 Å². The lowest BCUT2D eigenvalue weighted by Gasteiger charge is -2.48. The average Bonchev–Trinajstić information content (AvgIpc) is 3.29. The highest BCUT2D eigenvalue weighted by molar-refractivity contribution is 9.10. The molecule has 0 saturated carbocycles. The van der Waals surface area contributed by atoms with Crippen LogP contribution in [0.1, 0.15) is 50.4 Å². The van der Waals surface area contributed by atoms with Gasteiger partial charge in [-0.1, -0.05) is 41.9 Å². The number of ether oxygens (including phenoxy) is 4. The number of rotatable bonds is 5. The minimum Gasteiger partial charge on any atom is -0.443 e. The van der Waals surface area contributed by atoms with Crippen LogP contribution >= 0.6 is 27.5 Å². The van der Waals surface area contributed by atoms with Crippen LogP contribution in [0.15, 0.2) is 47.2 Å². The molecule has 0 radical (unpaired) electrons. The topological polar surface area (TPSA) is 142 Å². The molecule has 3 N–H and O–H groups in total. The van der Waals surface area contributed by atoms with Crippen LogP contribution in [-0.2, 0) is 18.9 Å². The number of hydrogen-bond acceptors (Lipinski definition) is 10. The Kier molecular flexibility index (Phi) is 8.43. The molecule has 1 amide bonds. The monoisotopic (exact) mass is 636 g/mol. The molecule has 40 heavy (non-hydrogen) atoms. The zero-order valence-corrected chi connectivity index (χ0v) is 24.6. The second-order valence-electron chi connectivity index (χ2n) is 10.5. The lowest BCUT2D eigenvalue weighted by Crippen LogP contribution is -2.66. The normalized spacial score (nSPS) is 26.7. The SMILES string of the molecule is Cc1nc([C@@H]2OC3COC(c4ccccc4)O[C@@H]3[C@H](NNC(=O)OC(C)(C)C)C2O)n(-c2cc(Cl)cnc2Br)n1. The highest BCUT2D eigenvalue weighted by Gasteiger charge is 2.51. The van der Waals surface area contributed by atoms with E-state index >= 15 is 0 Å². The predicted octanol–water partition coefficient (Wildman–Crippen LogP) is 3.70. The maximum Gasteiger partial charge on any atom is 0.422 e. The van der Waals surface area contributed by atoms with E-state index in [4.69, 9.17) is 30.5 Å². The number of aromatic nitrogens is 4. The summed E-state index contributed by atoms with van der Waals surface area (Å²) in [6.45, 7) is 7.15. The Morgan fingerprint density at radius 2 is 2.00 bits per heavy atom. The van der Waals surface area contributed by atoms with Gasteiger partial charge < -0.3 is 24.1 Å². The molecular formula is C26H30BrClN6O6. The van der Waals surface area contributed by atoms with Gasteiger partial charge in [-0.3, -0.25) is 5.43 Å². The molecule has 2 aromatic heterocycles. The van der Waals surface area contributed by atoms with Crippen LogP contribution in [0.3, 0.4) is 0 Å². The molecule has 2 aliphatic rings. The van der Waals surface area contributed by atoms with E-state index < -0.39 is 48.4 Å². The Balaban J connectivity index is 1.47. The third kappa shape index (κ3) is 6.30. The Bertz CT molecular complexity index is 1360. The van der Waals surface area contributed by atoms with E-state index in [0.717, 1.165) is 5.56 Å². The first-order valence-electron chi connectivity index (χ1n) is 12.6. The minimum atomic E-state index is -1.25. The number of aryl methyl sites for hydroxylation is 1. The van der Waals surface area contributed by atoms with Crippen molar-refractivity contribution in [1.82, 2.24) is 30.6 Å². The number of aliphatic hydroxyl groups excluding tert-OH is 1. The van der Waals surface area contributed by atoms with Gasteiger partial charge in [0, 0.05) is 11.8 Å². The highest BCUT2D eigenvalue weighted by atomic mass is 79.9. The van der Waals surface area contributed by atoms with E-state index in [1.165, 1.54) is 10.9 Å². The molecule has 1 aromatic carbocycles. The predicted molar refractivity (Wildman–Crippen MR) is 147 cm³/mol. The molecule has 4 heterocycles. The van der Waals surface area contributed by atoms with E-state index in [1.54, 1.807) is 33.8 Å². The Labute approximate surface area is 244 Å². The van der Waals surface area contributed by atoms with Gasteiger partial charge in [0.25, 0.3) is 0 Å². The van der Waals surface area contributed by atoms with Crippen molar-refractivity contribution in [3.05, 3.63) is 69.4 Å². The summed E-state index contributed by atoms with van der Waals surface area (Å²) in [4.78, 5) is 21.3. The third-order valence-corrected chi connectivity index (χ3v) is 7.05. The van der Waals surface area contributed by atoms with Gasteiger partial charge >= 0.3 is 6.09 Å². The van der Waals surface area contributed by atoms with E-state index in [0.29, 0.717) is 27.0 Å². The van der Waals surface area contributed by atoms with Gasteiger partial charge in [0.05, 0.1) is 17.7 Å². The fourth-order valence-corrected chi connectivity index (χ4v) is 5.13. The zero-order valence-electron chi connectivity index (χ0n) is 22.2. The van der Waals surface area contributed by atoms with Gasteiger partial charge in [0.1, 0.15) is 46.1 Å². The first-order chi connectivity index (χ1) is 19.0. The molecule has 2 saturated heterocycles. The third-order valence-electron chi connectivity index (χ3n) is 6.23. The van der Waals surface area contributed by atoms with Crippen LogP contribution in [0, 0.1) is 6.92 Å². The number of amides is 1. The summed E-state index contributed by atoms with van der Waals surface area (Å²) >= 11 is 9.65. The molecule has 6 atom stereocenters. The number of aliphatic hydroxyl groups is 1. The van der Waals surface area contributed by atoms with E-state index in [1.807, 2.05) is 30.3 Å². The standard InChI is InChI=1S/C26H30BrClN6O6/c1-13-30-23(34(33-13)16-10-15(28)11-29-22(16)27)21-19(35)18(31-32-25(36)40-26(2,3)4)20-17(38-21)12-37-24(39-20)14-8-6-5-7-9-14/h5-11,17-21,24,31,35H,12H2,1-4H3,(H,32,36)/t17?,18-,19?,20+,21-,24?/m1/s1. The molecular weight excluding hydrogens is 608 g/mol. The number of nitrogens with one attached hydrogen (secondary N) is 2. The van der Waals surface area contributed by atoms with E-state index in [2.05, 4.69) is 41.8 Å². The molecule has 0 spiro atoms. The molecule has 5 rings (SSSR count). The van der Waals surface area contributed by atoms with Crippen LogP contribution in [0.2, 0.25) is 5.02 Å². The summed E-state index contributed by atoms with van der Waals surface area (Å²) in [5, 5.41) is 16.6. The van der Waals surface area contributed by atoms with Crippen LogP contribution in [0.25, 0.3) is 5.69 Å². The van der Waals surface area contributed by atoms with Crippen molar-refractivity contribution in [1.29, 1.82) is 0 Å². The van der Waals surface area contributed by atoms with Crippen LogP contribution in [-0.4, -0.2) is 67.5 Å². The summed E-state index contributed by atoms with van der Waals surface area (Å²) in [7, 11) is 0. The van der Waals surface area contributed by atoms with Gasteiger partial charge in [-0.05, 0) is 49.7 Å². The second kappa shape index (κ2) is 11.7. The van der Waals surface area contributed by atoms with Crippen molar-refractivity contribution in [3.63, 3.8) is 0 Å². The van der Waals surface area contributed by atoms with Crippen molar-refractivity contribution in [2.75, 3.05) is 6.61 Å². The first kappa shape index (κ1) is 28.9. The largest absolute Gasteiger partial charge is 0.443 e. The van der Waals surface area contributed by atoms with Crippen molar-refractivity contribution < 1.29 is 28.8 Å². The van der Waals surface area contributed by atoms with E-state index in [9.17, 15) is 9.90 Å². The molecule has 12 nitrogen and oxygen atoms in total. The molecule has 14 heteroatoms. The second-order valence-corrected chi connectivity index (χ2v) is 11.6. The summed E-state index contributed by atoms with van der Waals surface area (Å²) in [5.41, 5.74) is 6.06. The first-order valence-corrected chi connectivity index (χ1v) is 13.8. The van der Waals surface area contributed by atoms with Gasteiger partial charge in [-0.25, -0.2) is 24.9 Å². The van der Waals surface area contributed by atoms with Crippen molar-refractivity contribution in [2.24, 2.45) is 0 Å². The number of pyridine rings is 1. The Morgan fingerprint density at radius 3 is 2.73 bits per heavy atom. The molecule has 214 valence electrons. The lowest BCUT2D eigenvalue weighted by atomic mass is 9.91. The summed E-state index contributed by atoms with van der Waals surface area (Å²) < 4.78 is 26.0. The smallest absolute Gasteiger partial charge is 0.422 e. The molecule has 0 aliphatic carbocycles. The number of benzene rings is 1. The van der Waals surface area contributed by atoms with Crippen LogP contribution in [0.5, 0.6) is 0 Å². The summed E-state index contributed by atoms with van der Waals surface area (Å²) in [5.74, 6) is 0.749. The maximum atomic E-state index is 12.5. The van der Waals surface area contributed by atoms with Gasteiger partial charge in [-0.15, -0.1) is 0 Å². The lowest BCUT2D eigenvalue weighted by molar-refractivity contribution is -0.313. The summed E-state index contributed by atoms with van der Waals surface area (Å²) in [6, 6.07) is 10.3. The number of nitrogens with zero attached hydrogens (tertiary/aromatic N) is 4. The zero-order chi connectivity index (χ0) is 28.6. The van der Waals surface area contributed by atoms with Gasteiger partial charge in [0.15, 0.2) is 12.1 Å². The quantitative estimate of drug-likeness (QED) is 0.280. The number of fused-ring (bicyclic) bond motifs is 1. The van der Waals surface area contributed by atoms with Gasteiger partial charge in [-0.2, -0.15) is 5.10 Å². The average molecular weight is 638 g/mol. The Morgan fingerprint density at radius 1 is 1.25 bits per heavy atom. The molecule has 2 fully saturated rings. The maximum absolute atomic E-state index is 12.5. The number of carbonyl (C=O) groups excluding carboxylic acids is 1. The van der Waals surface area contributed by atoms with Crippen molar-refractivity contribution >= 4 is 33.6 Å². The van der Waals surface area contributed by atoms with Crippen LogP contribution < -0.4 is 10.9 Å². The van der Waals surface area contributed by atoms with E-state index in [-0.39, 0.29) is 6.61 Å². The van der Waals surface area contributed by atoms with Crippen LogP contribution in [0.4, 0.5) is 4.79 Å². The number of halogens is 2. The molecule has 0 bridgehead atoms. The molecule has 3 aromatic rings. The highest BCUT2D eigenvalue weighted by Crippen LogP contribution is 2.39. The minimum absolute atomic E-state index is 0.160. The fourth-order valence-electron chi connectivity index (χ4n) is 4.60. The molecule has 2 aliphatic heterocycles.